The van der Waals surface area contributed by atoms with Gasteiger partial charge in [0.25, 0.3) is 0 Å². The number of rotatable bonds is 8. The van der Waals surface area contributed by atoms with E-state index in [1.54, 1.807) is 0 Å². The first kappa shape index (κ1) is 20.4. The van der Waals surface area contributed by atoms with E-state index in [1.807, 2.05) is 0 Å². The third-order valence-corrected chi connectivity index (χ3v) is 2.25. The van der Waals surface area contributed by atoms with Crippen LogP contribution in [0.15, 0.2) is 18.2 Å². The van der Waals surface area contributed by atoms with Gasteiger partial charge in [-0.1, -0.05) is 11.5 Å². The number of ether oxygens (including phenoxy) is 3. The van der Waals surface area contributed by atoms with E-state index in [0.29, 0.717) is 19.3 Å². The Hall–Kier alpha value is 0.361. The summed E-state index contributed by atoms with van der Waals surface area (Å²) in [6.07, 6.45) is 0. The van der Waals surface area contributed by atoms with Crippen molar-refractivity contribution in [2.24, 2.45) is 0 Å². The number of hydrogen-bond donors (Lipinski definition) is 0. The van der Waals surface area contributed by atoms with Crippen molar-refractivity contribution < 1.29 is 82.9 Å². The van der Waals surface area contributed by atoms with Gasteiger partial charge in [-0.25, -0.2) is 4.39 Å². The zero-order valence-electron chi connectivity index (χ0n) is 11.4. The molecule has 0 amide bonds. The summed E-state index contributed by atoms with van der Waals surface area (Å²) >= 11 is 0. The molecule has 1 aromatic carbocycles. The maximum atomic E-state index is 13.2. The molecule has 0 spiro atoms. The van der Waals surface area contributed by atoms with Crippen molar-refractivity contribution in [1.82, 2.24) is 0 Å². The Morgan fingerprint density at radius 3 is 2.25 bits per heavy atom. The van der Waals surface area contributed by atoms with Crippen molar-refractivity contribution in [2.75, 3.05) is 33.5 Å². The zero-order chi connectivity index (χ0) is 14.3. The molecule has 0 N–H and O–H groups in total. The Morgan fingerprint density at radius 1 is 1.05 bits per heavy atom. The fraction of sp³-hybridized carbons (Fsp3) is 0.455. The predicted octanol–water partition coefficient (Wildman–Crippen LogP) is -1.07. The summed E-state index contributed by atoms with van der Waals surface area (Å²) in [6, 6.07) is 2.49. The SMILES string of the molecule is COCCOCCOc1ccc([B-](F)(F)F)c(F)c1.[K+]. The molecule has 0 atom stereocenters. The fourth-order valence-electron chi connectivity index (χ4n) is 1.33. The van der Waals surface area contributed by atoms with Crippen LogP contribution < -0.4 is 61.6 Å². The summed E-state index contributed by atoms with van der Waals surface area (Å²) in [4.78, 5) is 0. The molecule has 108 valence electrons. The van der Waals surface area contributed by atoms with Gasteiger partial charge < -0.3 is 27.2 Å². The van der Waals surface area contributed by atoms with Crippen molar-refractivity contribution in [1.29, 1.82) is 0 Å². The van der Waals surface area contributed by atoms with Crippen LogP contribution in [-0.2, 0) is 9.47 Å². The molecule has 0 heterocycles. The van der Waals surface area contributed by atoms with E-state index in [0.717, 1.165) is 12.1 Å². The maximum Gasteiger partial charge on any atom is 1.00 e. The van der Waals surface area contributed by atoms with Crippen molar-refractivity contribution in [2.45, 2.75) is 0 Å². The van der Waals surface area contributed by atoms with Gasteiger partial charge in [-0.15, -0.1) is 0 Å². The van der Waals surface area contributed by atoms with E-state index in [9.17, 15) is 17.3 Å². The normalized spacial score (nSPS) is 11.1. The minimum absolute atomic E-state index is 0. The number of hydrogen-bond acceptors (Lipinski definition) is 3. The molecule has 0 saturated carbocycles. The molecule has 3 nitrogen and oxygen atoms in total. The van der Waals surface area contributed by atoms with E-state index < -0.39 is 18.3 Å². The number of methoxy groups -OCH3 is 1. The van der Waals surface area contributed by atoms with E-state index in [1.165, 1.54) is 7.11 Å². The average Bonchev–Trinajstić information content (AvgIpc) is 2.32. The second kappa shape index (κ2) is 10.1. The van der Waals surface area contributed by atoms with Crippen LogP contribution in [0.1, 0.15) is 0 Å². The number of halogens is 4. The molecular formula is C11H14BF4KO3. The van der Waals surface area contributed by atoms with Gasteiger partial charge in [0.15, 0.2) is 0 Å². The molecule has 0 saturated heterocycles. The third-order valence-electron chi connectivity index (χ3n) is 2.25. The zero-order valence-corrected chi connectivity index (χ0v) is 14.5. The minimum Gasteiger partial charge on any atom is -0.491 e. The molecule has 0 aliphatic heterocycles. The summed E-state index contributed by atoms with van der Waals surface area (Å²) in [5, 5.41) is 0. The van der Waals surface area contributed by atoms with Gasteiger partial charge in [-0.2, -0.15) is 0 Å². The molecule has 9 heteroatoms. The van der Waals surface area contributed by atoms with Gasteiger partial charge >= 0.3 is 58.4 Å². The largest absolute Gasteiger partial charge is 1.00 e. The first-order valence-corrected chi connectivity index (χ1v) is 5.64. The Bertz CT molecular complexity index is 404. The molecule has 1 aromatic rings. The summed E-state index contributed by atoms with van der Waals surface area (Å²) in [5.74, 6) is -1.29. The van der Waals surface area contributed by atoms with Crippen LogP contribution in [0.3, 0.4) is 0 Å². The minimum atomic E-state index is -5.34. The number of benzene rings is 1. The van der Waals surface area contributed by atoms with Crippen LogP contribution >= 0.6 is 0 Å². The molecule has 0 aliphatic carbocycles. The second-order valence-electron chi connectivity index (χ2n) is 3.71. The van der Waals surface area contributed by atoms with E-state index in [-0.39, 0.29) is 70.3 Å². The Morgan fingerprint density at radius 2 is 1.70 bits per heavy atom. The monoisotopic (exact) mass is 320 g/mol. The Labute approximate surface area is 157 Å². The van der Waals surface area contributed by atoms with E-state index in [2.05, 4.69) is 0 Å². The van der Waals surface area contributed by atoms with Crippen LogP contribution in [0.2, 0.25) is 0 Å². The van der Waals surface area contributed by atoms with E-state index in [4.69, 9.17) is 14.2 Å². The Balaban J connectivity index is 0.00000361. The van der Waals surface area contributed by atoms with Crippen molar-refractivity contribution in [3.05, 3.63) is 24.0 Å². The standard InChI is InChI=1S/C11H14BF4O3.K/c1-17-4-5-18-6-7-19-9-2-3-10(11(13)8-9)12(14,15)16;/h2-3,8H,4-7H2,1H3;/q-1;+1. The summed E-state index contributed by atoms with van der Waals surface area (Å²) in [5.41, 5.74) is -1.25. The molecular weight excluding hydrogens is 306 g/mol. The molecule has 20 heavy (non-hydrogen) atoms. The molecule has 0 unspecified atom stereocenters. The van der Waals surface area contributed by atoms with Crippen molar-refractivity contribution in [3.63, 3.8) is 0 Å². The summed E-state index contributed by atoms with van der Waals surface area (Å²) in [6.45, 7) is -4.14. The molecule has 1 rings (SSSR count). The van der Waals surface area contributed by atoms with Crippen LogP contribution in [-0.4, -0.2) is 40.5 Å². The maximum absolute atomic E-state index is 13.2. The molecule has 0 bridgehead atoms. The second-order valence-corrected chi connectivity index (χ2v) is 3.71. The van der Waals surface area contributed by atoms with Gasteiger partial charge in [-0.05, 0) is 6.07 Å². The first-order chi connectivity index (χ1) is 8.95. The summed E-state index contributed by atoms with van der Waals surface area (Å²) < 4.78 is 65.2. The van der Waals surface area contributed by atoms with Gasteiger partial charge in [0.2, 0.25) is 0 Å². The van der Waals surface area contributed by atoms with Crippen molar-refractivity contribution in [3.8, 4) is 5.75 Å². The van der Waals surface area contributed by atoms with Crippen LogP contribution in [0.5, 0.6) is 5.75 Å². The Kier molecular flexibility index (Phi) is 10.3. The molecule has 0 fully saturated rings. The fourth-order valence-corrected chi connectivity index (χ4v) is 1.33. The van der Waals surface area contributed by atoms with Gasteiger partial charge in [-0.3, -0.25) is 0 Å². The van der Waals surface area contributed by atoms with Gasteiger partial charge in [0.1, 0.15) is 12.4 Å². The average molecular weight is 320 g/mol. The smallest absolute Gasteiger partial charge is 0.491 e. The van der Waals surface area contributed by atoms with Crippen molar-refractivity contribution >= 4 is 12.4 Å². The van der Waals surface area contributed by atoms with Crippen LogP contribution in [0, 0.1) is 5.82 Å². The van der Waals surface area contributed by atoms with Gasteiger partial charge in [0, 0.05) is 13.2 Å². The molecule has 0 radical (unpaired) electrons. The first-order valence-electron chi connectivity index (χ1n) is 5.64. The summed E-state index contributed by atoms with van der Waals surface area (Å²) in [7, 11) is 1.53. The third kappa shape index (κ3) is 7.39. The molecule has 0 aliphatic rings. The quantitative estimate of drug-likeness (QED) is 0.347. The predicted molar refractivity (Wildman–Crippen MR) is 63.3 cm³/mol. The topological polar surface area (TPSA) is 27.7 Å². The van der Waals surface area contributed by atoms with E-state index >= 15 is 0 Å². The molecule has 0 aromatic heterocycles. The van der Waals surface area contributed by atoms with Crippen LogP contribution in [0.4, 0.5) is 17.3 Å². The van der Waals surface area contributed by atoms with Crippen LogP contribution in [0.25, 0.3) is 0 Å². The van der Waals surface area contributed by atoms with Gasteiger partial charge in [0.05, 0.1) is 25.6 Å².